The third kappa shape index (κ3) is 1.13. The van der Waals surface area contributed by atoms with E-state index in [0.717, 1.165) is 6.54 Å². The van der Waals surface area contributed by atoms with E-state index in [1.165, 1.54) is 30.3 Å². The highest BCUT2D eigenvalue weighted by Crippen LogP contribution is 2.44. The van der Waals surface area contributed by atoms with Crippen LogP contribution in [0.4, 0.5) is 0 Å². The Bertz CT molecular complexity index is 477. The Kier molecular flexibility index (Phi) is 1.83. The van der Waals surface area contributed by atoms with E-state index in [-0.39, 0.29) is 5.41 Å². The summed E-state index contributed by atoms with van der Waals surface area (Å²) in [6.07, 6.45) is 7.68. The fourth-order valence-corrected chi connectivity index (χ4v) is 2.53. The molecule has 2 N–H and O–H groups in total. The summed E-state index contributed by atoms with van der Waals surface area (Å²) >= 11 is 0. The molecule has 0 spiro atoms. The molecule has 3 rings (SSSR count). The highest BCUT2D eigenvalue weighted by molar-refractivity contribution is 5.57. The second-order valence-electron chi connectivity index (χ2n) is 4.43. The molecule has 0 saturated heterocycles. The number of fused-ring (bicyclic) bond motifs is 1. The van der Waals surface area contributed by atoms with E-state index in [4.69, 9.17) is 5.73 Å². The summed E-state index contributed by atoms with van der Waals surface area (Å²) in [6, 6.07) is 6.18. The largest absolute Gasteiger partial charge is 0.330 e. The lowest BCUT2D eigenvalue weighted by molar-refractivity contribution is 0.255. The van der Waals surface area contributed by atoms with Gasteiger partial charge in [-0.15, -0.1) is 0 Å². The Morgan fingerprint density at radius 3 is 2.93 bits per heavy atom. The van der Waals surface area contributed by atoms with Gasteiger partial charge in [0.05, 0.1) is 11.7 Å². The summed E-state index contributed by atoms with van der Waals surface area (Å²) in [5, 5.41) is 4.38. The summed E-state index contributed by atoms with van der Waals surface area (Å²) in [6.45, 7) is 0.739. The topological polar surface area (TPSA) is 43.3 Å². The van der Waals surface area contributed by atoms with Crippen molar-refractivity contribution in [3.05, 3.63) is 36.2 Å². The van der Waals surface area contributed by atoms with E-state index in [1.54, 1.807) is 0 Å². The monoisotopic (exact) mass is 201 g/mol. The molecule has 0 bridgehead atoms. The average molecular weight is 201 g/mol. The molecule has 0 atom stereocenters. The van der Waals surface area contributed by atoms with Gasteiger partial charge in [0, 0.05) is 23.7 Å². The first-order valence-electron chi connectivity index (χ1n) is 5.49. The van der Waals surface area contributed by atoms with Crippen molar-refractivity contribution in [2.75, 3.05) is 6.54 Å². The Morgan fingerprint density at radius 2 is 2.27 bits per heavy atom. The van der Waals surface area contributed by atoms with E-state index in [9.17, 15) is 0 Å². The van der Waals surface area contributed by atoms with Crippen LogP contribution in [0.5, 0.6) is 0 Å². The number of nitrogens with two attached hydrogens (primary N) is 1. The molecular formula is C12H15N3. The molecule has 0 aromatic carbocycles. The molecule has 1 fully saturated rings. The van der Waals surface area contributed by atoms with Crippen molar-refractivity contribution >= 4 is 5.52 Å². The number of pyridine rings is 1. The quantitative estimate of drug-likeness (QED) is 0.804. The maximum atomic E-state index is 5.91. The van der Waals surface area contributed by atoms with E-state index in [1.807, 2.05) is 23.0 Å². The van der Waals surface area contributed by atoms with Crippen molar-refractivity contribution in [2.24, 2.45) is 5.73 Å². The van der Waals surface area contributed by atoms with Crippen LogP contribution in [0.1, 0.15) is 24.8 Å². The number of aromatic nitrogens is 2. The predicted molar refractivity (Wildman–Crippen MR) is 59.8 cm³/mol. The molecule has 3 heteroatoms. The van der Waals surface area contributed by atoms with Crippen molar-refractivity contribution < 1.29 is 0 Å². The van der Waals surface area contributed by atoms with Crippen molar-refractivity contribution in [3.63, 3.8) is 0 Å². The Hall–Kier alpha value is -1.35. The van der Waals surface area contributed by atoms with E-state index < -0.39 is 0 Å². The maximum absolute atomic E-state index is 5.91. The summed E-state index contributed by atoms with van der Waals surface area (Å²) in [5.41, 5.74) is 8.67. The number of nitrogens with zero attached hydrogens (tertiary/aromatic N) is 2. The highest BCUT2D eigenvalue weighted by Gasteiger charge is 2.39. The highest BCUT2D eigenvalue weighted by atomic mass is 15.2. The van der Waals surface area contributed by atoms with E-state index in [0.29, 0.717) is 0 Å². The van der Waals surface area contributed by atoms with Crippen LogP contribution in [-0.4, -0.2) is 16.2 Å². The second kappa shape index (κ2) is 3.07. The van der Waals surface area contributed by atoms with Crippen LogP contribution >= 0.6 is 0 Å². The first-order valence-corrected chi connectivity index (χ1v) is 5.49. The average Bonchev–Trinajstić information content (AvgIpc) is 2.62. The molecule has 78 valence electrons. The van der Waals surface area contributed by atoms with Crippen LogP contribution in [0.3, 0.4) is 0 Å². The summed E-state index contributed by atoms with van der Waals surface area (Å²) in [4.78, 5) is 0. The SMILES string of the molecule is NCC1(c2cnn3ccccc23)CCC1. The lowest BCUT2D eigenvalue weighted by Crippen LogP contribution is -2.41. The van der Waals surface area contributed by atoms with Gasteiger partial charge in [0.1, 0.15) is 0 Å². The van der Waals surface area contributed by atoms with Gasteiger partial charge in [-0.05, 0) is 25.0 Å². The molecule has 1 aliphatic rings. The predicted octanol–water partition coefficient (Wildman–Crippen LogP) is 1.71. The van der Waals surface area contributed by atoms with Gasteiger partial charge in [-0.25, -0.2) is 4.52 Å². The maximum Gasteiger partial charge on any atom is 0.0699 e. The number of hydrogen-bond donors (Lipinski definition) is 1. The first kappa shape index (κ1) is 8.92. The third-order valence-electron chi connectivity index (χ3n) is 3.70. The van der Waals surface area contributed by atoms with Crippen LogP contribution in [0.25, 0.3) is 5.52 Å². The summed E-state index contributed by atoms with van der Waals surface area (Å²) in [7, 11) is 0. The molecule has 3 nitrogen and oxygen atoms in total. The van der Waals surface area contributed by atoms with Gasteiger partial charge in [0.25, 0.3) is 0 Å². The third-order valence-corrected chi connectivity index (χ3v) is 3.70. The van der Waals surface area contributed by atoms with Gasteiger partial charge in [-0.3, -0.25) is 0 Å². The van der Waals surface area contributed by atoms with Crippen molar-refractivity contribution in [1.82, 2.24) is 9.61 Å². The van der Waals surface area contributed by atoms with Crippen LogP contribution in [-0.2, 0) is 5.41 Å². The molecular weight excluding hydrogens is 186 g/mol. The molecule has 0 radical (unpaired) electrons. The van der Waals surface area contributed by atoms with Crippen LogP contribution in [0.2, 0.25) is 0 Å². The summed E-state index contributed by atoms with van der Waals surface area (Å²) < 4.78 is 1.94. The lowest BCUT2D eigenvalue weighted by Gasteiger charge is -2.40. The molecule has 1 saturated carbocycles. The zero-order valence-electron chi connectivity index (χ0n) is 8.69. The first-order chi connectivity index (χ1) is 7.36. The molecule has 2 heterocycles. The molecule has 0 aliphatic heterocycles. The van der Waals surface area contributed by atoms with Crippen molar-refractivity contribution in [1.29, 1.82) is 0 Å². The van der Waals surface area contributed by atoms with E-state index >= 15 is 0 Å². The van der Waals surface area contributed by atoms with Crippen LogP contribution < -0.4 is 5.73 Å². The van der Waals surface area contributed by atoms with Crippen molar-refractivity contribution in [3.8, 4) is 0 Å². The van der Waals surface area contributed by atoms with Gasteiger partial charge in [-0.1, -0.05) is 12.5 Å². The van der Waals surface area contributed by atoms with Gasteiger partial charge < -0.3 is 5.73 Å². The smallest absolute Gasteiger partial charge is 0.0699 e. The van der Waals surface area contributed by atoms with Crippen molar-refractivity contribution in [2.45, 2.75) is 24.7 Å². The molecule has 15 heavy (non-hydrogen) atoms. The standard InChI is InChI=1S/C12H15N3/c13-9-12(5-3-6-12)10-8-14-15-7-2-1-4-11(10)15/h1-2,4,7-8H,3,5-6,9,13H2. The van der Waals surface area contributed by atoms with Gasteiger partial charge >= 0.3 is 0 Å². The number of hydrogen-bond acceptors (Lipinski definition) is 2. The molecule has 0 unspecified atom stereocenters. The second-order valence-corrected chi connectivity index (χ2v) is 4.43. The minimum absolute atomic E-state index is 0.211. The van der Waals surface area contributed by atoms with Gasteiger partial charge in [-0.2, -0.15) is 5.10 Å². The minimum atomic E-state index is 0.211. The molecule has 2 aromatic rings. The fourth-order valence-electron chi connectivity index (χ4n) is 2.53. The van der Waals surface area contributed by atoms with Crippen LogP contribution in [0.15, 0.2) is 30.6 Å². The van der Waals surface area contributed by atoms with Gasteiger partial charge in [0.2, 0.25) is 0 Å². The fraction of sp³-hybridized carbons (Fsp3) is 0.417. The molecule has 0 amide bonds. The zero-order valence-corrected chi connectivity index (χ0v) is 8.69. The zero-order chi connectivity index (χ0) is 10.3. The summed E-state index contributed by atoms with van der Waals surface area (Å²) in [5.74, 6) is 0. The Labute approximate surface area is 88.9 Å². The molecule has 1 aliphatic carbocycles. The number of rotatable bonds is 2. The Balaban J connectivity index is 2.18. The van der Waals surface area contributed by atoms with E-state index in [2.05, 4.69) is 17.2 Å². The lowest BCUT2D eigenvalue weighted by atomic mass is 9.65. The minimum Gasteiger partial charge on any atom is -0.330 e. The normalized spacial score (nSPS) is 19.0. The Morgan fingerprint density at radius 1 is 1.40 bits per heavy atom. The van der Waals surface area contributed by atoms with Gasteiger partial charge in [0.15, 0.2) is 0 Å². The molecule has 2 aromatic heterocycles. The van der Waals surface area contributed by atoms with Crippen LogP contribution in [0, 0.1) is 0 Å².